The van der Waals surface area contributed by atoms with Gasteiger partial charge in [0.1, 0.15) is 5.82 Å². The highest BCUT2D eigenvalue weighted by atomic mass is 16.5. The Kier molecular flexibility index (Phi) is 5.26. The van der Waals surface area contributed by atoms with Crippen molar-refractivity contribution in [3.05, 3.63) is 71.5 Å². The average molecular weight is 378 g/mol. The Bertz CT molecular complexity index is 1000. The molecule has 0 aliphatic rings. The van der Waals surface area contributed by atoms with Crippen LogP contribution in [0, 0.1) is 0 Å². The number of aromatic nitrogens is 3. The molecule has 0 aliphatic carbocycles. The van der Waals surface area contributed by atoms with Crippen molar-refractivity contribution in [2.75, 3.05) is 12.4 Å². The van der Waals surface area contributed by atoms with E-state index in [9.17, 15) is 9.59 Å². The summed E-state index contributed by atoms with van der Waals surface area (Å²) in [4.78, 5) is 28.8. The van der Waals surface area contributed by atoms with Gasteiger partial charge in [0, 0.05) is 23.2 Å². The zero-order valence-electron chi connectivity index (χ0n) is 16.3. The molecule has 3 rings (SSSR count). The Morgan fingerprint density at radius 2 is 1.79 bits per heavy atom. The number of nitrogens with zero attached hydrogens (tertiary/aromatic N) is 3. The molecule has 0 atom stereocenters. The van der Waals surface area contributed by atoms with Gasteiger partial charge in [-0.1, -0.05) is 32.9 Å². The van der Waals surface area contributed by atoms with Gasteiger partial charge in [-0.2, -0.15) is 9.78 Å². The first-order valence-corrected chi connectivity index (χ1v) is 8.81. The van der Waals surface area contributed by atoms with Crippen molar-refractivity contribution in [2.45, 2.75) is 26.2 Å². The maximum atomic E-state index is 12.8. The van der Waals surface area contributed by atoms with Crippen LogP contribution in [0.1, 0.15) is 47.2 Å². The van der Waals surface area contributed by atoms with Crippen molar-refractivity contribution >= 4 is 17.7 Å². The molecule has 0 spiro atoms. The lowest BCUT2D eigenvalue weighted by Crippen LogP contribution is -2.16. The third kappa shape index (κ3) is 4.09. The maximum absolute atomic E-state index is 12.8. The third-order valence-corrected chi connectivity index (χ3v) is 4.13. The molecule has 0 unspecified atom stereocenters. The fraction of sp³-hybridized carbons (Fsp3) is 0.238. The molecule has 1 amide bonds. The van der Waals surface area contributed by atoms with Crippen LogP contribution in [0.15, 0.2) is 54.7 Å². The minimum atomic E-state index is -0.497. The fourth-order valence-electron chi connectivity index (χ4n) is 2.58. The van der Waals surface area contributed by atoms with Gasteiger partial charge < -0.3 is 10.1 Å². The van der Waals surface area contributed by atoms with E-state index in [0.29, 0.717) is 22.8 Å². The van der Waals surface area contributed by atoms with Gasteiger partial charge in [0.15, 0.2) is 5.82 Å². The van der Waals surface area contributed by atoms with E-state index in [1.54, 1.807) is 29.1 Å². The van der Waals surface area contributed by atoms with Gasteiger partial charge in [-0.25, -0.2) is 9.78 Å². The quantitative estimate of drug-likeness (QED) is 0.701. The zero-order chi connectivity index (χ0) is 20.3. The Balaban J connectivity index is 1.96. The van der Waals surface area contributed by atoms with Gasteiger partial charge in [0.2, 0.25) is 0 Å². The van der Waals surface area contributed by atoms with Crippen LogP contribution in [0.4, 0.5) is 5.82 Å². The first kappa shape index (κ1) is 19.3. The highest BCUT2D eigenvalue weighted by Crippen LogP contribution is 2.26. The zero-order valence-corrected chi connectivity index (χ0v) is 16.3. The molecule has 28 heavy (non-hydrogen) atoms. The Labute approximate surface area is 163 Å². The average Bonchev–Trinajstić information content (AvgIpc) is 3.12. The first-order valence-electron chi connectivity index (χ1n) is 8.81. The highest BCUT2D eigenvalue weighted by molar-refractivity contribution is 6.05. The molecule has 3 aromatic rings. The van der Waals surface area contributed by atoms with Crippen molar-refractivity contribution in [2.24, 2.45) is 0 Å². The summed E-state index contributed by atoms with van der Waals surface area (Å²) in [7, 11) is 1.30. The number of carbonyl (C=O) groups is 2. The van der Waals surface area contributed by atoms with Gasteiger partial charge in [0.25, 0.3) is 5.91 Å². The van der Waals surface area contributed by atoms with Crippen molar-refractivity contribution < 1.29 is 14.3 Å². The number of hydrogen-bond donors (Lipinski definition) is 1. The lowest BCUT2D eigenvalue weighted by atomic mass is 9.92. The molecular weight excluding hydrogens is 356 g/mol. The molecule has 1 aromatic carbocycles. The predicted molar refractivity (Wildman–Crippen MR) is 106 cm³/mol. The van der Waals surface area contributed by atoms with Crippen LogP contribution in [0.3, 0.4) is 0 Å². The van der Waals surface area contributed by atoms with Crippen molar-refractivity contribution in [3.63, 3.8) is 0 Å². The van der Waals surface area contributed by atoms with Gasteiger partial charge in [0.05, 0.1) is 18.4 Å². The first-order chi connectivity index (χ1) is 13.3. The molecule has 0 saturated heterocycles. The monoisotopic (exact) mass is 378 g/mol. The molecule has 0 fully saturated rings. The summed E-state index contributed by atoms with van der Waals surface area (Å²) >= 11 is 0. The number of amides is 1. The Morgan fingerprint density at radius 3 is 2.43 bits per heavy atom. The van der Waals surface area contributed by atoms with E-state index >= 15 is 0 Å². The highest BCUT2D eigenvalue weighted by Gasteiger charge is 2.22. The van der Waals surface area contributed by atoms with Crippen LogP contribution >= 0.6 is 0 Å². The molecule has 7 heteroatoms. The molecule has 0 radical (unpaired) electrons. The number of benzene rings is 1. The molecule has 0 aliphatic heterocycles. The number of pyridine rings is 1. The summed E-state index contributed by atoms with van der Waals surface area (Å²) in [5, 5.41) is 7.49. The molecule has 2 aromatic heterocycles. The molecular formula is C21H22N4O3. The van der Waals surface area contributed by atoms with Gasteiger partial charge in [-0.3, -0.25) is 4.79 Å². The minimum Gasteiger partial charge on any atom is -0.465 e. The maximum Gasteiger partial charge on any atom is 0.337 e. The topological polar surface area (TPSA) is 86.1 Å². The van der Waals surface area contributed by atoms with Gasteiger partial charge in [-0.05, 0) is 30.3 Å². The molecule has 2 heterocycles. The van der Waals surface area contributed by atoms with E-state index in [4.69, 9.17) is 4.74 Å². The summed E-state index contributed by atoms with van der Waals surface area (Å²) in [6.07, 6.45) is 1.67. The summed E-state index contributed by atoms with van der Waals surface area (Å²) in [5.41, 5.74) is 1.26. The summed E-state index contributed by atoms with van der Waals surface area (Å²) in [6.45, 7) is 6.14. The number of anilines is 1. The van der Waals surface area contributed by atoms with Crippen molar-refractivity contribution in [1.82, 2.24) is 14.8 Å². The van der Waals surface area contributed by atoms with Crippen molar-refractivity contribution in [3.8, 4) is 5.82 Å². The van der Waals surface area contributed by atoms with Crippen LogP contribution in [0.2, 0.25) is 0 Å². The number of hydrogen-bond acceptors (Lipinski definition) is 5. The smallest absolute Gasteiger partial charge is 0.337 e. The van der Waals surface area contributed by atoms with Gasteiger partial charge >= 0.3 is 5.97 Å². The van der Waals surface area contributed by atoms with Crippen LogP contribution in [0.25, 0.3) is 5.82 Å². The van der Waals surface area contributed by atoms with E-state index in [1.165, 1.54) is 13.2 Å². The number of nitrogens with one attached hydrogen (secondary N) is 1. The third-order valence-electron chi connectivity index (χ3n) is 4.13. The Hall–Kier alpha value is -3.48. The van der Waals surface area contributed by atoms with Crippen LogP contribution < -0.4 is 5.32 Å². The van der Waals surface area contributed by atoms with E-state index < -0.39 is 5.97 Å². The molecule has 1 N–H and O–H groups in total. The van der Waals surface area contributed by atoms with E-state index in [1.807, 2.05) is 45.0 Å². The lowest BCUT2D eigenvalue weighted by molar-refractivity contribution is 0.0600. The van der Waals surface area contributed by atoms with Gasteiger partial charge in [-0.15, -0.1) is 0 Å². The molecule has 0 bridgehead atoms. The fourth-order valence-corrected chi connectivity index (χ4v) is 2.58. The standard InChI is InChI=1S/C21H22N4O3/c1-21(2,3)16-13-18(25(24-16)17-10-5-6-11-22-17)23-19(26)14-8-7-9-15(12-14)20(27)28-4/h5-13H,1-4H3,(H,23,26). The summed E-state index contributed by atoms with van der Waals surface area (Å²) < 4.78 is 6.31. The largest absolute Gasteiger partial charge is 0.465 e. The second-order valence-corrected chi connectivity index (χ2v) is 7.29. The lowest BCUT2D eigenvalue weighted by Gasteiger charge is -2.13. The predicted octanol–water partition coefficient (Wildman–Crippen LogP) is 3.60. The van der Waals surface area contributed by atoms with E-state index in [2.05, 4.69) is 15.4 Å². The normalized spacial score (nSPS) is 11.1. The molecule has 0 saturated carbocycles. The summed E-state index contributed by atoms with van der Waals surface area (Å²) in [5.74, 6) is 0.236. The SMILES string of the molecule is COC(=O)c1cccc(C(=O)Nc2cc(C(C)(C)C)nn2-c2ccccn2)c1. The summed E-state index contributed by atoms with van der Waals surface area (Å²) in [6, 6.07) is 13.7. The van der Waals surface area contributed by atoms with E-state index in [-0.39, 0.29) is 11.3 Å². The second kappa shape index (κ2) is 7.64. The van der Waals surface area contributed by atoms with Crippen LogP contribution in [-0.4, -0.2) is 33.8 Å². The molecule has 7 nitrogen and oxygen atoms in total. The number of carbonyl (C=O) groups excluding carboxylic acids is 2. The number of methoxy groups -OCH3 is 1. The minimum absolute atomic E-state index is 0.204. The van der Waals surface area contributed by atoms with E-state index in [0.717, 1.165) is 5.69 Å². The van der Waals surface area contributed by atoms with Crippen LogP contribution in [-0.2, 0) is 10.2 Å². The number of ether oxygens (including phenoxy) is 1. The number of esters is 1. The number of rotatable bonds is 4. The van der Waals surface area contributed by atoms with Crippen molar-refractivity contribution in [1.29, 1.82) is 0 Å². The Morgan fingerprint density at radius 1 is 1.04 bits per heavy atom. The second-order valence-electron chi connectivity index (χ2n) is 7.29. The molecule has 144 valence electrons. The van der Waals surface area contributed by atoms with Crippen LogP contribution in [0.5, 0.6) is 0 Å².